The molecule has 4 atom stereocenters. The van der Waals surface area contributed by atoms with Crippen LogP contribution < -0.4 is 0 Å². The molecule has 4 unspecified atom stereocenters. The second kappa shape index (κ2) is 19.3. The van der Waals surface area contributed by atoms with Gasteiger partial charge in [-0.25, -0.2) is 19.2 Å². The molecule has 2 aliphatic rings. The monoisotopic (exact) mass is 768 g/mol. The molecular formula is C43H64N2O10+2. The number of carbonyl (C=O) groups is 4. The SMILES string of the molecule is CC[N+](CC)(CC)CCOC(=O)COC(=O)C(O)(c1ccccc1)C1CCC(c2cccc(C(O)(C(=O)OCC(=O)OCC[N+](C)(C)C)C3CCCC3)c2)C1. The largest absolute Gasteiger partial charge is 0.457 e. The number of hydrogen-bond acceptors (Lipinski definition) is 10. The summed E-state index contributed by atoms with van der Waals surface area (Å²) in [6, 6.07) is 15.9. The number of esters is 4. The molecule has 0 saturated heterocycles. The second-order valence-electron chi connectivity index (χ2n) is 16.3. The van der Waals surface area contributed by atoms with E-state index in [2.05, 4.69) is 20.8 Å². The van der Waals surface area contributed by atoms with Crippen molar-refractivity contribution in [3.8, 4) is 0 Å². The van der Waals surface area contributed by atoms with Gasteiger partial charge in [-0.2, -0.15) is 0 Å². The average molecular weight is 769 g/mol. The van der Waals surface area contributed by atoms with Gasteiger partial charge in [0.25, 0.3) is 0 Å². The molecule has 12 heteroatoms. The summed E-state index contributed by atoms with van der Waals surface area (Å²) >= 11 is 0. The van der Waals surface area contributed by atoms with Gasteiger partial charge in [0.2, 0.25) is 0 Å². The highest BCUT2D eigenvalue weighted by molar-refractivity contribution is 5.85. The van der Waals surface area contributed by atoms with E-state index in [4.69, 9.17) is 18.9 Å². The normalized spacial score (nSPS) is 19.9. The van der Waals surface area contributed by atoms with Crippen LogP contribution in [0, 0.1) is 11.8 Å². The van der Waals surface area contributed by atoms with Crippen LogP contribution in [-0.2, 0) is 49.3 Å². The first-order valence-electron chi connectivity index (χ1n) is 20.0. The first kappa shape index (κ1) is 43.9. The molecule has 2 fully saturated rings. The molecule has 0 bridgehead atoms. The molecule has 2 saturated carbocycles. The topological polar surface area (TPSA) is 146 Å². The van der Waals surface area contributed by atoms with Crippen molar-refractivity contribution in [1.82, 2.24) is 0 Å². The number of carbonyl (C=O) groups excluding carboxylic acids is 4. The number of quaternary nitrogens is 2. The lowest BCUT2D eigenvalue weighted by Gasteiger charge is -2.35. The van der Waals surface area contributed by atoms with Crippen molar-refractivity contribution >= 4 is 23.9 Å². The minimum Gasteiger partial charge on any atom is -0.457 e. The van der Waals surface area contributed by atoms with Gasteiger partial charge in [0.05, 0.1) is 40.8 Å². The molecule has 304 valence electrons. The van der Waals surface area contributed by atoms with Gasteiger partial charge < -0.3 is 38.1 Å². The first-order valence-corrected chi connectivity index (χ1v) is 20.0. The number of hydrogen-bond donors (Lipinski definition) is 2. The van der Waals surface area contributed by atoms with Crippen molar-refractivity contribution < 1.29 is 57.3 Å². The molecule has 55 heavy (non-hydrogen) atoms. The fraction of sp³-hybridized carbons (Fsp3) is 0.628. The second-order valence-corrected chi connectivity index (χ2v) is 16.3. The van der Waals surface area contributed by atoms with Crippen LogP contribution in [0.5, 0.6) is 0 Å². The molecule has 0 aliphatic heterocycles. The van der Waals surface area contributed by atoms with Crippen molar-refractivity contribution in [3.05, 3.63) is 71.3 Å². The lowest BCUT2D eigenvalue weighted by Crippen LogP contribution is -2.49. The highest BCUT2D eigenvalue weighted by atomic mass is 16.6. The number of rotatable bonds is 20. The zero-order chi connectivity index (χ0) is 40.3. The zero-order valence-electron chi connectivity index (χ0n) is 33.8. The van der Waals surface area contributed by atoms with Crippen LogP contribution in [0.1, 0.15) is 88.3 Å². The van der Waals surface area contributed by atoms with E-state index in [0.29, 0.717) is 60.8 Å². The Morgan fingerprint density at radius 3 is 1.73 bits per heavy atom. The number of nitrogens with zero attached hydrogens (tertiary/aromatic N) is 2. The van der Waals surface area contributed by atoms with Crippen molar-refractivity contribution in [2.45, 2.75) is 82.8 Å². The van der Waals surface area contributed by atoms with E-state index >= 15 is 0 Å². The van der Waals surface area contributed by atoms with Gasteiger partial charge in [-0.15, -0.1) is 0 Å². The number of aliphatic hydroxyl groups is 2. The summed E-state index contributed by atoms with van der Waals surface area (Å²) in [5, 5.41) is 24.4. The van der Waals surface area contributed by atoms with E-state index in [1.807, 2.05) is 33.3 Å². The summed E-state index contributed by atoms with van der Waals surface area (Å²) in [4.78, 5) is 52.6. The number of benzene rings is 2. The fourth-order valence-electron chi connectivity index (χ4n) is 8.25. The number of likely N-dealkylation sites (N-methyl/N-ethyl adjacent to an activating group) is 2. The summed E-state index contributed by atoms with van der Waals surface area (Å²) in [5.41, 5.74) is -2.40. The van der Waals surface area contributed by atoms with Gasteiger partial charge in [0.15, 0.2) is 24.4 Å². The summed E-state index contributed by atoms with van der Waals surface area (Å²) in [6.07, 6.45) is 4.49. The van der Waals surface area contributed by atoms with Crippen LogP contribution in [0.4, 0.5) is 0 Å². The Balaban J connectivity index is 1.47. The Morgan fingerprint density at radius 2 is 1.18 bits per heavy atom. The predicted octanol–water partition coefficient (Wildman–Crippen LogP) is 4.59. The van der Waals surface area contributed by atoms with Crippen molar-refractivity contribution in [2.75, 3.05) is 80.3 Å². The van der Waals surface area contributed by atoms with E-state index < -0.39 is 60.1 Å². The third kappa shape index (κ3) is 10.9. The molecule has 0 radical (unpaired) electrons. The minimum absolute atomic E-state index is 0.118. The highest BCUT2D eigenvalue weighted by Gasteiger charge is 2.51. The van der Waals surface area contributed by atoms with Crippen molar-refractivity contribution in [1.29, 1.82) is 0 Å². The van der Waals surface area contributed by atoms with Crippen LogP contribution in [0.15, 0.2) is 54.6 Å². The smallest absolute Gasteiger partial charge is 0.344 e. The Kier molecular flexibility index (Phi) is 15.4. The van der Waals surface area contributed by atoms with E-state index in [0.717, 1.165) is 42.5 Å². The Morgan fingerprint density at radius 1 is 0.655 bits per heavy atom. The standard InChI is InChI=1S/C43H64N2O10/c1-7-45(8-2,9-3)25-27-53-39(47)31-55-41(49)43(51,34-17-11-10-12-18-34)37-23-22-33(29-37)32-16-15-21-36(28-32)42(50,35-19-13-14-20-35)40(48)54-30-38(46)52-26-24-44(4,5)6/h10-12,15-18,21,28,33,35,37,50-51H,7-9,13-14,19-20,22-27,29-31H2,1-6H3/q+2. The highest BCUT2D eigenvalue weighted by Crippen LogP contribution is 2.49. The van der Waals surface area contributed by atoms with Gasteiger partial charge in [-0.3, -0.25) is 0 Å². The quantitative estimate of drug-likeness (QED) is 0.112. The predicted molar refractivity (Wildman–Crippen MR) is 206 cm³/mol. The molecule has 4 rings (SSSR count). The Hall–Kier alpha value is -3.84. The van der Waals surface area contributed by atoms with E-state index in [1.165, 1.54) is 0 Å². The average Bonchev–Trinajstić information content (AvgIpc) is 3.92. The lowest BCUT2D eigenvalue weighted by atomic mass is 9.77. The van der Waals surface area contributed by atoms with E-state index in [-0.39, 0.29) is 19.1 Å². The molecular weight excluding hydrogens is 704 g/mol. The van der Waals surface area contributed by atoms with Crippen LogP contribution in [0.3, 0.4) is 0 Å². The molecule has 2 aliphatic carbocycles. The summed E-state index contributed by atoms with van der Waals surface area (Å²) < 4.78 is 23.0. The molecule has 2 N–H and O–H groups in total. The molecule has 0 heterocycles. The Labute approximate surface area is 326 Å². The lowest BCUT2D eigenvalue weighted by molar-refractivity contribution is -0.923. The van der Waals surface area contributed by atoms with Gasteiger partial charge >= 0.3 is 23.9 Å². The third-order valence-electron chi connectivity index (χ3n) is 12.1. The van der Waals surface area contributed by atoms with Gasteiger partial charge in [0.1, 0.15) is 26.3 Å². The first-order chi connectivity index (χ1) is 26.1. The summed E-state index contributed by atoms with van der Waals surface area (Å²) in [6.45, 7) is 9.50. The fourth-order valence-corrected chi connectivity index (χ4v) is 8.25. The zero-order valence-corrected chi connectivity index (χ0v) is 33.8. The molecule has 0 aromatic heterocycles. The Bertz CT molecular complexity index is 1570. The van der Waals surface area contributed by atoms with Gasteiger partial charge in [-0.1, -0.05) is 67.4 Å². The van der Waals surface area contributed by atoms with E-state index in [9.17, 15) is 29.4 Å². The molecule has 0 spiro atoms. The van der Waals surface area contributed by atoms with Crippen LogP contribution >= 0.6 is 0 Å². The number of ether oxygens (including phenoxy) is 4. The van der Waals surface area contributed by atoms with Gasteiger partial charge in [-0.05, 0) is 75.5 Å². The molecule has 2 aromatic carbocycles. The maximum atomic E-state index is 13.8. The van der Waals surface area contributed by atoms with Crippen molar-refractivity contribution in [2.24, 2.45) is 11.8 Å². The molecule has 2 aromatic rings. The maximum Gasteiger partial charge on any atom is 0.344 e. The van der Waals surface area contributed by atoms with Crippen LogP contribution in [-0.4, -0.2) is 123 Å². The maximum absolute atomic E-state index is 13.8. The van der Waals surface area contributed by atoms with Crippen LogP contribution in [0.2, 0.25) is 0 Å². The minimum atomic E-state index is -2.03. The summed E-state index contributed by atoms with van der Waals surface area (Å²) in [5.74, 6) is -4.21. The van der Waals surface area contributed by atoms with Crippen molar-refractivity contribution in [3.63, 3.8) is 0 Å². The van der Waals surface area contributed by atoms with Crippen LogP contribution in [0.25, 0.3) is 0 Å². The van der Waals surface area contributed by atoms with E-state index in [1.54, 1.807) is 42.5 Å². The van der Waals surface area contributed by atoms with Gasteiger partial charge in [0, 0.05) is 11.8 Å². The molecule has 0 amide bonds. The molecule has 12 nitrogen and oxygen atoms in total. The summed E-state index contributed by atoms with van der Waals surface area (Å²) in [7, 11) is 5.93. The third-order valence-corrected chi connectivity index (χ3v) is 12.1.